The molecule has 0 bridgehead atoms. The third-order valence-electron chi connectivity index (χ3n) is 2.04. The largest absolute Gasteiger partial charge is 0.480 e. The van der Waals surface area contributed by atoms with Gasteiger partial charge in [-0.3, -0.25) is 19.7 Å². The normalized spacial score (nSPS) is 11.6. The fourth-order valence-electron chi connectivity index (χ4n) is 1.18. The standard InChI is InChI=1S/C9H9N3O6S/c10-6(13)2-5(9(15)16)11-8(14)4-1-7(12(17)18)19-3-4/h1,3,5H,2H2,(H2,10,13)(H,11,14)(H,15,16)/t5-/m1/s1. The van der Waals surface area contributed by atoms with E-state index in [0.717, 1.165) is 17.4 Å². The molecule has 0 aliphatic heterocycles. The molecular weight excluding hydrogens is 278 g/mol. The Bertz CT molecular complexity index is 540. The van der Waals surface area contributed by atoms with Crippen LogP contribution >= 0.6 is 11.3 Å². The van der Waals surface area contributed by atoms with Crippen LogP contribution in [0.3, 0.4) is 0 Å². The number of hydrogen-bond acceptors (Lipinski definition) is 6. The molecule has 2 amide bonds. The Labute approximate surface area is 110 Å². The molecule has 102 valence electrons. The Balaban J connectivity index is 2.78. The van der Waals surface area contributed by atoms with Crippen molar-refractivity contribution in [2.45, 2.75) is 12.5 Å². The summed E-state index contributed by atoms with van der Waals surface area (Å²) in [5, 5.41) is 22.3. The van der Waals surface area contributed by atoms with Crippen molar-refractivity contribution in [1.82, 2.24) is 5.32 Å². The number of primary amides is 1. The lowest BCUT2D eigenvalue weighted by molar-refractivity contribution is -0.380. The van der Waals surface area contributed by atoms with Gasteiger partial charge >= 0.3 is 11.0 Å². The predicted molar refractivity (Wildman–Crippen MR) is 63.7 cm³/mol. The third-order valence-corrected chi connectivity index (χ3v) is 2.92. The van der Waals surface area contributed by atoms with E-state index in [-0.39, 0.29) is 10.6 Å². The van der Waals surface area contributed by atoms with Gasteiger partial charge in [0.05, 0.1) is 16.9 Å². The molecule has 0 saturated carbocycles. The van der Waals surface area contributed by atoms with Gasteiger partial charge in [0.2, 0.25) is 5.91 Å². The number of nitrogens with two attached hydrogens (primary N) is 1. The van der Waals surface area contributed by atoms with Crippen LogP contribution in [-0.2, 0) is 9.59 Å². The number of carboxylic acids is 1. The minimum atomic E-state index is -1.47. The van der Waals surface area contributed by atoms with Crippen molar-refractivity contribution in [3.63, 3.8) is 0 Å². The zero-order chi connectivity index (χ0) is 14.6. The molecule has 0 spiro atoms. The van der Waals surface area contributed by atoms with Crippen molar-refractivity contribution >= 4 is 34.1 Å². The zero-order valence-electron chi connectivity index (χ0n) is 9.36. The summed E-state index contributed by atoms with van der Waals surface area (Å²) in [5.41, 5.74) is 4.80. The van der Waals surface area contributed by atoms with E-state index >= 15 is 0 Å². The maximum atomic E-state index is 11.6. The van der Waals surface area contributed by atoms with E-state index < -0.39 is 35.2 Å². The van der Waals surface area contributed by atoms with Crippen LogP contribution in [0.25, 0.3) is 0 Å². The van der Waals surface area contributed by atoms with Gasteiger partial charge in [-0.1, -0.05) is 11.3 Å². The number of aliphatic carboxylic acids is 1. The Morgan fingerprint density at radius 2 is 2.16 bits per heavy atom. The molecule has 0 fully saturated rings. The summed E-state index contributed by atoms with van der Waals surface area (Å²) >= 11 is 0.736. The number of carboxylic acid groups (broad SMARTS) is 1. The Hall–Kier alpha value is -2.49. The van der Waals surface area contributed by atoms with E-state index in [2.05, 4.69) is 5.32 Å². The number of rotatable bonds is 6. The van der Waals surface area contributed by atoms with E-state index in [4.69, 9.17) is 10.8 Å². The molecule has 10 heteroatoms. The number of hydrogen-bond donors (Lipinski definition) is 3. The molecule has 1 heterocycles. The average molecular weight is 287 g/mol. The summed E-state index contributed by atoms with van der Waals surface area (Å²) in [7, 11) is 0. The van der Waals surface area contributed by atoms with Gasteiger partial charge in [0, 0.05) is 11.4 Å². The second-order valence-corrected chi connectivity index (χ2v) is 4.36. The van der Waals surface area contributed by atoms with Crippen LogP contribution in [0.1, 0.15) is 16.8 Å². The highest BCUT2D eigenvalue weighted by molar-refractivity contribution is 7.13. The number of amides is 2. The summed E-state index contributed by atoms with van der Waals surface area (Å²) in [4.78, 5) is 42.8. The Morgan fingerprint density at radius 3 is 2.58 bits per heavy atom. The summed E-state index contributed by atoms with van der Waals surface area (Å²) < 4.78 is 0. The van der Waals surface area contributed by atoms with Gasteiger partial charge in [-0.05, 0) is 0 Å². The van der Waals surface area contributed by atoms with Gasteiger partial charge < -0.3 is 16.2 Å². The molecule has 4 N–H and O–H groups in total. The van der Waals surface area contributed by atoms with Crippen LogP contribution in [0, 0.1) is 10.1 Å². The van der Waals surface area contributed by atoms with E-state index in [1.807, 2.05) is 0 Å². The molecule has 0 unspecified atom stereocenters. The molecule has 0 radical (unpaired) electrons. The molecule has 0 aromatic carbocycles. The molecule has 0 saturated heterocycles. The van der Waals surface area contributed by atoms with Gasteiger partial charge in [0.1, 0.15) is 6.04 Å². The van der Waals surface area contributed by atoms with Crippen molar-refractivity contribution in [2.75, 3.05) is 0 Å². The van der Waals surface area contributed by atoms with Crippen molar-refractivity contribution < 1.29 is 24.4 Å². The van der Waals surface area contributed by atoms with Crippen molar-refractivity contribution in [2.24, 2.45) is 5.73 Å². The first kappa shape index (κ1) is 14.6. The van der Waals surface area contributed by atoms with Crippen molar-refractivity contribution in [1.29, 1.82) is 0 Å². The third kappa shape index (κ3) is 4.03. The minimum Gasteiger partial charge on any atom is -0.480 e. The first-order valence-electron chi connectivity index (χ1n) is 4.86. The molecule has 0 aliphatic carbocycles. The van der Waals surface area contributed by atoms with Crippen LogP contribution in [0.2, 0.25) is 0 Å². The predicted octanol–water partition coefficient (Wildman–Crippen LogP) is -0.285. The number of nitro groups is 1. The number of nitrogens with zero attached hydrogens (tertiary/aromatic N) is 1. The highest BCUT2D eigenvalue weighted by Crippen LogP contribution is 2.22. The lowest BCUT2D eigenvalue weighted by Crippen LogP contribution is -2.43. The smallest absolute Gasteiger partial charge is 0.326 e. The molecular formula is C9H9N3O6S. The maximum Gasteiger partial charge on any atom is 0.326 e. The number of carbonyl (C=O) groups is 3. The van der Waals surface area contributed by atoms with Gasteiger partial charge in [0.15, 0.2) is 0 Å². The molecule has 1 atom stereocenters. The number of thiophene rings is 1. The lowest BCUT2D eigenvalue weighted by Gasteiger charge is -2.11. The number of carbonyl (C=O) groups excluding carboxylic acids is 2. The van der Waals surface area contributed by atoms with E-state index in [1.165, 1.54) is 5.38 Å². The molecule has 1 aromatic heterocycles. The van der Waals surface area contributed by atoms with Crippen LogP contribution in [0.4, 0.5) is 5.00 Å². The van der Waals surface area contributed by atoms with Crippen LogP contribution < -0.4 is 11.1 Å². The summed E-state index contributed by atoms with van der Waals surface area (Å²) in [6.07, 6.45) is -0.562. The highest BCUT2D eigenvalue weighted by Gasteiger charge is 2.24. The average Bonchev–Trinajstić information content (AvgIpc) is 2.76. The van der Waals surface area contributed by atoms with Gasteiger partial charge in [-0.15, -0.1) is 0 Å². The second kappa shape index (κ2) is 5.91. The zero-order valence-corrected chi connectivity index (χ0v) is 10.2. The fourth-order valence-corrected chi connectivity index (χ4v) is 1.89. The molecule has 9 nitrogen and oxygen atoms in total. The minimum absolute atomic E-state index is 0.0487. The van der Waals surface area contributed by atoms with Crippen molar-refractivity contribution in [3.8, 4) is 0 Å². The molecule has 1 aromatic rings. The molecule has 1 rings (SSSR count). The van der Waals surface area contributed by atoms with Crippen LogP contribution in [0.5, 0.6) is 0 Å². The fraction of sp³-hybridized carbons (Fsp3) is 0.222. The number of nitrogens with one attached hydrogen (secondary N) is 1. The van der Waals surface area contributed by atoms with Crippen molar-refractivity contribution in [3.05, 3.63) is 27.1 Å². The topological polar surface area (TPSA) is 153 Å². The lowest BCUT2D eigenvalue weighted by atomic mass is 10.2. The summed E-state index contributed by atoms with van der Waals surface area (Å²) in [6.45, 7) is 0. The summed E-state index contributed by atoms with van der Waals surface area (Å²) in [5.74, 6) is -3.13. The van der Waals surface area contributed by atoms with Crippen LogP contribution in [0.15, 0.2) is 11.4 Å². The first-order chi connectivity index (χ1) is 8.81. The Kier molecular flexibility index (Phi) is 4.53. The Morgan fingerprint density at radius 1 is 1.53 bits per heavy atom. The van der Waals surface area contributed by atoms with E-state index in [1.54, 1.807) is 0 Å². The van der Waals surface area contributed by atoms with Gasteiger partial charge in [-0.2, -0.15) is 0 Å². The highest BCUT2D eigenvalue weighted by atomic mass is 32.1. The quantitative estimate of drug-likeness (QED) is 0.483. The summed E-state index contributed by atoms with van der Waals surface area (Å²) in [6, 6.07) is -0.452. The second-order valence-electron chi connectivity index (χ2n) is 3.47. The monoisotopic (exact) mass is 287 g/mol. The SMILES string of the molecule is NC(=O)C[C@@H](NC(=O)c1csc([N+](=O)[O-])c1)C(=O)O. The first-order valence-corrected chi connectivity index (χ1v) is 5.74. The van der Waals surface area contributed by atoms with E-state index in [9.17, 15) is 24.5 Å². The molecule has 0 aliphatic rings. The van der Waals surface area contributed by atoms with Gasteiger partial charge in [0.25, 0.3) is 5.91 Å². The van der Waals surface area contributed by atoms with Crippen LogP contribution in [-0.4, -0.2) is 33.9 Å². The molecule has 19 heavy (non-hydrogen) atoms. The maximum absolute atomic E-state index is 11.6. The van der Waals surface area contributed by atoms with Gasteiger partial charge in [-0.25, -0.2) is 4.79 Å². The van der Waals surface area contributed by atoms with E-state index in [0.29, 0.717) is 0 Å².